The zero-order chi connectivity index (χ0) is 14.8. The fourth-order valence-corrected chi connectivity index (χ4v) is 2.91. The molecular weight excluding hydrogens is 254 g/mol. The number of hydrogen-bond donors (Lipinski definition) is 0. The zero-order valence-electron chi connectivity index (χ0n) is 13.0. The molecule has 0 radical (unpaired) electrons. The third-order valence-electron chi connectivity index (χ3n) is 4.00. The highest BCUT2D eigenvalue weighted by atomic mass is 16.5. The lowest BCUT2D eigenvalue weighted by Gasteiger charge is -2.33. The molecule has 4 heteroatoms. The van der Waals surface area contributed by atoms with E-state index < -0.39 is 0 Å². The van der Waals surface area contributed by atoms with Crippen LogP contribution in [-0.2, 0) is 14.3 Å². The molecule has 0 aliphatic heterocycles. The van der Waals surface area contributed by atoms with Gasteiger partial charge in [0.1, 0.15) is 0 Å². The van der Waals surface area contributed by atoms with Gasteiger partial charge in [0.25, 0.3) is 0 Å². The number of hydrogen-bond acceptors (Lipinski definition) is 3. The second-order valence-corrected chi connectivity index (χ2v) is 5.49. The van der Waals surface area contributed by atoms with E-state index in [0.29, 0.717) is 32.0 Å². The average molecular weight is 283 g/mol. The van der Waals surface area contributed by atoms with Crippen molar-refractivity contribution in [3.8, 4) is 0 Å². The Morgan fingerprint density at radius 3 is 2.20 bits per heavy atom. The minimum atomic E-state index is -0.202. The zero-order valence-corrected chi connectivity index (χ0v) is 13.0. The van der Waals surface area contributed by atoms with E-state index in [0.717, 1.165) is 12.8 Å². The molecule has 4 nitrogen and oxygen atoms in total. The first kappa shape index (κ1) is 17.0. The van der Waals surface area contributed by atoms with Crippen LogP contribution in [0.1, 0.15) is 71.6 Å². The van der Waals surface area contributed by atoms with Gasteiger partial charge in [-0.1, -0.05) is 39.0 Å². The molecule has 0 aromatic heterocycles. The molecule has 1 aliphatic carbocycles. The van der Waals surface area contributed by atoms with Crippen molar-refractivity contribution in [3.63, 3.8) is 0 Å². The summed E-state index contributed by atoms with van der Waals surface area (Å²) in [5.41, 5.74) is 0. The van der Waals surface area contributed by atoms with Crippen LogP contribution in [0, 0.1) is 0 Å². The van der Waals surface area contributed by atoms with Crippen LogP contribution in [0.5, 0.6) is 0 Å². The van der Waals surface area contributed by atoms with Gasteiger partial charge >= 0.3 is 5.97 Å². The quantitative estimate of drug-likeness (QED) is 0.703. The van der Waals surface area contributed by atoms with Gasteiger partial charge in [0, 0.05) is 19.0 Å². The van der Waals surface area contributed by atoms with Gasteiger partial charge in [0.05, 0.1) is 13.0 Å². The molecule has 1 saturated carbocycles. The average Bonchev–Trinajstić information content (AvgIpc) is 2.40. The molecular formula is C16H29NO3. The van der Waals surface area contributed by atoms with E-state index in [-0.39, 0.29) is 11.9 Å². The van der Waals surface area contributed by atoms with Gasteiger partial charge < -0.3 is 9.64 Å². The Labute approximate surface area is 122 Å². The molecule has 0 atom stereocenters. The molecule has 1 fully saturated rings. The molecule has 0 bridgehead atoms. The standard InChI is InChI=1S/C16H29NO3/c1-3-15(18)17(13-12-16(19)20-4-2)14-10-8-6-5-7-9-11-14/h14H,3-13H2,1-2H3. The molecule has 0 heterocycles. The van der Waals surface area contributed by atoms with Gasteiger partial charge in [-0.15, -0.1) is 0 Å². The van der Waals surface area contributed by atoms with E-state index in [9.17, 15) is 9.59 Å². The molecule has 0 N–H and O–H groups in total. The maximum Gasteiger partial charge on any atom is 0.307 e. The Kier molecular flexibility index (Phi) is 8.31. The Morgan fingerprint density at radius 2 is 1.65 bits per heavy atom. The van der Waals surface area contributed by atoms with Crippen LogP contribution in [0.4, 0.5) is 0 Å². The highest BCUT2D eigenvalue weighted by molar-refractivity contribution is 5.77. The SMILES string of the molecule is CCOC(=O)CCN(C(=O)CC)C1CCCCCCC1. The molecule has 0 spiro atoms. The van der Waals surface area contributed by atoms with Crippen molar-refractivity contribution in [1.82, 2.24) is 4.90 Å². The van der Waals surface area contributed by atoms with Gasteiger partial charge in [-0.3, -0.25) is 9.59 Å². The number of nitrogens with zero attached hydrogens (tertiary/aromatic N) is 1. The third-order valence-corrected chi connectivity index (χ3v) is 4.00. The van der Waals surface area contributed by atoms with Crippen molar-refractivity contribution in [2.24, 2.45) is 0 Å². The molecule has 1 amide bonds. The lowest BCUT2D eigenvalue weighted by atomic mass is 9.95. The minimum Gasteiger partial charge on any atom is -0.466 e. The summed E-state index contributed by atoms with van der Waals surface area (Å²) >= 11 is 0. The number of esters is 1. The van der Waals surface area contributed by atoms with Crippen molar-refractivity contribution in [1.29, 1.82) is 0 Å². The lowest BCUT2D eigenvalue weighted by Crippen LogP contribution is -2.41. The van der Waals surface area contributed by atoms with Gasteiger partial charge in [-0.2, -0.15) is 0 Å². The van der Waals surface area contributed by atoms with Gasteiger partial charge in [0.15, 0.2) is 0 Å². The summed E-state index contributed by atoms with van der Waals surface area (Å²) in [6.07, 6.45) is 9.22. The van der Waals surface area contributed by atoms with Crippen LogP contribution >= 0.6 is 0 Å². The van der Waals surface area contributed by atoms with Crippen molar-refractivity contribution in [2.75, 3.05) is 13.2 Å². The Bertz CT molecular complexity index is 296. The largest absolute Gasteiger partial charge is 0.466 e. The van der Waals surface area contributed by atoms with Crippen LogP contribution < -0.4 is 0 Å². The Balaban J connectivity index is 2.57. The van der Waals surface area contributed by atoms with Crippen LogP contribution in [0.15, 0.2) is 0 Å². The van der Waals surface area contributed by atoms with Gasteiger partial charge in [0.2, 0.25) is 5.91 Å². The summed E-state index contributed by atoms with van der Waals surface area (Å²) in [7, 11) is 0. The van der Waals surface area contributed by atoms with Crippen LogP contribution in [-0.4, -0.2) is 36.0 Å². The topological polar surface area (TPSA) is 46.6 Å². The molecule has 116 valence electrons. The number of rotatable bonds is 6. The maximum absolute atomic E-state index is 12.2. The molecule has 1 aliphatic rings. The van der Waals surface area contributed by atoms with E-state index in [1.165, 1.54) is 32.1 Å². The lowest BCUT2D eigenvalue weighted by molar-refractivity contribution is -0.144. The normalized spacial score (nSPS) is 17.1. The summed E-state index contributed by atoms with van der Waals surface area (Å²) in [6, 6.07) is 0.317. The molecule has 0 saturated heterocycles. The van der Waals surface area contributed by atoms with E-state index >= 15 is 0 Å². The van der Waals surface area contributed by atoms with E-state index in [1.807, 2.05) is 18.7 Å². The number of carbonyl (C=O) groups is 2. The summed E-state index contributed by atoms with van der Waals surface area (Å²) in [5.74, 6) is -0.0351. The van der Waals surface area contributed by atoms with E-state index in [2.05, 4.69) is 0 Å². The first-order valence-corrected chi connectivity index (χ1v) is 8.14. The highest BCUT2D eigenvalue weighted by Crippen LogP contribution is 2.22. The van der Waals surface area contributed by atoms with E-state index in [4.69, 9.17) is 4.74 Å². The Morgan fingerprint density at radius 1 is 1.05 bits per heavy atom. The second kappa shape index (κ2) is 9.78. The predicted octanol–water partition coefficient (Wildman–Crippen LogP) is 3.29. The molecule has 1 rings (SSSR count). The number of carbonyl (C=O) groups excluding carboxylic acids is 2. The smallest absolute Gasteiger partial charge is 0.307 e. The summed E-state index contributed by atoms with van der Waals surface area (Å²) < 4.78 is 4.96. The van der Waals surface area contributed by atoms with Crippen molar-refractivity contribution in [2.45, 2.75) is 77.7 Å². The first-order valence-electron chi connectivity index (χ1n) is 8.14. The van der Waals surface area contributed by atoms with Crippen LogP contribution in [0.3, 0.4) is 0 Å². The third kappa shape index (κ3) is 5.93. The fraction of sp³-hybridized carbons (Fsp3) is 0.875. The van der Waals surface area contributed by atoms with Crippen molar-refractivity contribution in [3.05, 3.63) is 0 Å². The fourth-order valence-electron chi connectivity index (χ4n) is 2.91. The second-order valence-electron chi connectivity index (χ2n) is 5.49. The van der Waals surface area contributed by atoms with E-state index in [1.54, 1.807) is 0 Å². The predicted molar refractivity (Wildman–Crippen MR) is 79.4 cm³/mol. The van der Waals surface area contributed by atoms with Crippen molar-refractivity contribution < 1.29 is 14.3 Å². The van der Waals surface area contributed by atoms with Gasteiger partial charge in [-0.05, 0) is 19.8 Å². The van der Waals surface area contributed by atoms with Gasteiger partial charge in [-0.25, -0.2) is 0 Å². The summed E-state index contributed by atoms with van der Waals surface area (Å²) in [4.78, 5) is 25.6. The first-order chi connectivity index (χ1) is 9.69. The monoisotopic (exact) mass is 283 g/mol. The summed E-state index contributed by atoms with van der Waals surface area (Å²) in [6.45, 7) is 4.62. The molecule has 0 unspecified atom stereocenters. The number of amides is 1. The van der Waals surface area contributed by atoms with Crippen LogP contribution in [0.25, 0.3) is 0 Å². The Hall–Kier alpha value is -1.06. The molecule has 20 heavy (non-hydrogen) atoms. The maximum atomic E-state index is 12.2. The number of ether oxygens (including phenoxy) is 1. The summed E-state index contributed by atoms with van der Waals surface area (Å²) in [5, 5.41) is 0. The van der Waals surface area contributed by atoms with Crippen molar-refractivity contribution >= 4 is 11.9 Å². The minimum absolute atomic E-state index is 0.167. The molecule has 0 aromatic rings. The molecule has 0 aromatic carbocycles. The highest BCUT2D eigenvalue weighted by Gasteiger charge is 2.23. The van der Waals surface area contributed by atoms with Crippen LogP contribution in [0.2, 0.25) is 0 Å².